The monoisotopic (exact) mass is 525 g/mol. The van der Waals surface area contributed by atoms with Crippen molar-refractivity contribution in [2.24, 2.45) is 23.2 Å². The number of aromatic nitrogens is 1. The van der Waals surface area contributed by atoms with E-state index < -0.39 is 9.96 Å². The number of alkyl halides is 3. The van der Waals surface area contributed by atoms with Gasteiger partial charge in [-0.3, -0.25) is 14.5 Å². The smallest absolute Gasteiger partial charge is 0.250 e. The molecule has 2 bridgehead atoms. The molecule has 5 unspecified atom stereocenters. The molecule has 10 heteroatoms. The molecule has 0 spiro atoms. The van der Waals surface area contributed by atoms with Crippen molar-refractivity contribution in [1.82, 2.24) is 14.8 Å². The van der Waals surface area contributed by atoms with Gasteiger partial charge in [0.1, 0.15) is 10.7 Å². The highest BCUT2D eigenvalue weighted by Crippen LogP contribution is 2.60. The topological polar surface area (TPSA) is 54.3 Å². The first-order valence-electron chi connectivity index (χ1n) is 10.2. The van der Waals surface area contributed by atoms with Gasteiger partial charge in [-0.1, -0.05) is 77.9 Å². The van der Waals surface area contributed by atoms with Crippen LogP contribution in [0, 0.1) is 23.2 Å². The van der Waals surface area contributed by atoms with Crippen LogP contribution in [0.15, 0.2) is 33.6 Å². The summed E-state index contributed by atoms with van der Waals surface area (Å²) in [6.07, 6.45) is 1.87. The molecule has 1 aliphatic carbocycles. The van der Waals surface area contributed by atoms with Crippen molar-refractivity contribution in [2.75, 3.05) is 13.1 Å². The highest BCUT2D eigenvalue weighted by molar-refractivity contribution is 6.68. The molecule has 1 saturated heterocycles. The maximum atomic E-state index is 13.1. The number of hydrogen-bond acceptors (Lipinski definition) is 3. The van der Waals surface area contributed by atoms with E-state index in [4.69, 9.17) is 58.0 Å². The molecule has 31 heavy (non-hydrogen) atoms. The Morgan fingerprint density at radius 1 is 1.23 bits per heavy atom. The minimum absolute atomic E-state index is 0.0138. The Hall–Kier alpha value is -0.430. The predicted octanol–water partition coefficient (Wildman–Crippen LogP) is 4.67. The Kier molecular flexibility index (Phi) is 6.44. The van der Waals surface area contributed by atoms with Crippen molar-refractivity contribution in [3.05, 3.63) is 44.8 Å². The van der Waals surface area contributed by atoms with E-state index in [0.29, 0.717) is 19.6 Å². The fraction of sp³-hybridized carbons (Fsp3) is 0.619. The van der Waals surface area contributed by atoms with Gasteiger partial charge in [-0.05, 0) is 35.8 Å². The van der Waals surface area contributed by atoms with Gasteiger partial charge in [0.25, 0.3) is 5.56 Å². The molecule has 1 aromatic rings. The van der Waals surface area contributed by atoms with E-state index in [9.17, 15) is 9.59 Å². The highest BCUT2D eigenvalue weighted by atomic mass is 35.6. The van der Waals surface area contributed by atoms with E-state index in [2.05, 4.69) is 5.32 Å². The number of halogens is 5. The fourth-order valence-corrected chi connectivity index (χ4v) is 6.22. The van der Waals surface area contributed by atoms with Crippen LogP contribution in [0.4, 0.5) is 0 Å². The molecule has 1 saturated carbocycles. The average Bonchev–Trinajstić information content (AvgIpc) is 3.18. The molecule has 0 aromatic carbocycles. The number of likely N-dealkylation sites (tertiary alicyclic amines) is 1. The van der Waals surface area contributed by atoms with Crippen molar-refractivity contribution in [2.45, 2.75) is 42.7 Å². The molecule has 1 aromatic heterocycles. The summed E-state index contributed by atoms with van der Waals surface area (Å²) >= 11 is 30.7. The molecule has 5 nitrogen and oxygen atoms in total. The van der Waals surface area contributed by atoms with E-state index in [-0.39, 0.29) is 45.0 Å². The van der Waals surface area contributed by atoms with Crippen molar-refractivity contribution in [3.63, 3.8) is 0 Å². The highest BCUT2D eigenvalue weighted by Gasteiger charge is 2.61. The molecule has 5 atom stereocenters. The van der Waals surface area contributed by atoms with Gasteiger partial charge in [-0.15, -0.1) is 0 Å². The molecule has 170 valence electrons. The molecule has 1 N–H and O–H groups in total. The minimum Gasteiger partial charge on any atom is -0.336 e. The summed E-state index contributed by atoms with van der Waals surface area (Å²) in [5.74, 6) is -0.201. The maximum absolute atomic E-state index is 13.1. The Morgan fingerprint density at radius 2 is 1.94 bits per heavy atom. The lowest BCUT2D eigenvalue weighted by Gasteiger charge is -2.47. The summed E-state index contributed by atoms with van der Waals surface area (Å²) in [6, 6.07) is 5.35. The maximum Gasteiger partial charge on any atom is 0.250 e. The summed E-state index contributed by atoms with van der Waals surface area (Å²) in [5, 5.41) is 2.98. The lowest BCUT2D eigenvalue weighted by Crippen LogP contribution is -2.60. The van der Waals surface area contributed by atoms with Gasteiger partial charge in [0.2, 0.25) is 9.70 Å². The number of nitrogens with one attached hydrogen (secondary N) is 1. The summed E-state index contributed by atoms with van der Waals surface area (Å²) in [4.78, 5) is 27.4. The van der Waals surface area contributed by atoms with Crippen LogP contribution in [0.25, 0.3) is 0 Å². The third-order valence-corrected chi connectivity index (χ3v) is 7.83. The molecule has 4 rings (SSSR count). The largest absolute Gasteiger partial charge is 0.336 e. The van der Waals surface area contributed by atoms with Crippen molar-refractivity contribution in [3.8, 4) is 0 Å². The second kappa shape index (κ2) is 8.41. The van der Waals surface area contributed by atoms with Crippen LogP contribution >= 0.6 is 58.0 Å². The second-order valence-electron chi connectivity index (χ2n) is 9.39. The zero-order valence-electron chi connectivity index (χ0n) is 17.1. The van der Waals surface area contributed by atoms with E-state index in [1.807, 2.05) is 29.4 Å². The zero-order valence-corrected chi connectivity index (χ0v) is 20.9. The number of pyridine rings is 1. The number of carbonyl (C=O) groups excluding carboxylic acids is 1. The third kappa shape index (κ3) is 4.64. The summed E-state index contributed by atoms with van der Waals surface area (Å²) in [7, 11) is 0. The van der Waals surface area contributed by atoms with Gasteiger partial charge in [0.05, 0.1) is 5.92 Å². The zero-order chi connectivity index (χ0) is 22.7. The summed E-state index contributed by atoms with van der Waals surface area (Å²) in [5.41, 5.74) is 0.725. The number of nitrogens with zero attached hydrogens (tertiary/aromatic N) is 2. The first-order valence-corrected chi connectivity index (χ1v) is 12.1. The predicted molar refractivity (Wildman–Crippen MR) is 126 cm³/mol. The molecule has 1 amide bonds. The average molecular weight is 528 g/mol. The number of allylic oxidation sites excluding steroid dienone is 1. The third-order valence-electron chi connectivity index (χ3n) is 6.96. The molecular formula is C21H24Cl5N3O2. The lowest BCUT2D eigenvalue weighted by atomic mass is 9.83. The molecule has 3 heterocycles. The van der Waals surface area contributed by atoms with E-state index >= 15 is 0 Å². The number of fused-ring (bicyclic) bond motifs is 4. The van der Waals surface area contributed by atoms with Crippen LogP contribution in [0.2, 0.25) is 0 Å². The number of rotatable bonds is 4. The number of hydrogen-bond donors (Lipinski definition) is 1. The van der Waals surface area contributed by atoms with E-state index in [0.717, 1.165) is 12.1 Å². The van der Waals surface area contributed by atoms with Crippen LogP contribution in [0.3, 0.4) is 0 Å². The fourth-order valence-electron chi connectivity index (χ4n) is 5.37. The van der Waals surface area contributed by atoms with Crippen LogP contribution in [-0.2, 0) is 11.3 Å². The second-order valence-corrected chi connectivity index (χ2v) is 12.8. The van der Waals surface area contributed by atoms with E-state index in [1.165, 1.54) is 0 Å². The standard InChI is InChI=1S/C21H24Cl5N3O2/c1-20(2)13(7-15(22)23)17(20)18(31)27-19(21(24,25)26)28-8-11-6-12(10-28)14-4-3-5-16(30)29(14)9-11/h3-5,7,11-13,17,19H,6,8-10H2,1-2H3,(H,27,31). The van der Waals surface area contributed by atoms with Crippen molar-refractivity contribution in [1.29, 1.82) is 0 Å². The Morgan fingerprint density at radius 3 is 2.58 bits per heavy atom. The minimum atomic E-state index is -1.72. The van der Waals surface area contributed by atoms with Crippen molar-refractivity contribution < 1.29 is 4.79 Å². The van der Waals surface area contributed by atoms with Crippen LogP contribution in [0.5, 0.6) is 0 Å². The molecule has 2 fully saturated rings. The van der Waals surface area contributed by atoms with Gasteiger partial charge in [-0.25, -0.2) is 0 Å². The lowest BCUT2D eigenvalue weighted by molar-refractivity contribution is -0.125. The Labute approximate surface area is 206 Å². The van der Waals surface area contributed by atoms with Gasteiger partial charge in [0, 0.05) is 37.3 Å². The Balaban J connectivity index is 1.54. The quantitative estimate of drug-likeness (QED) is 0.579. The van der Waals surface area contributed by atoms with Gasteiger partial charge in [-0.2, -0.15) is 0 Å². The first kappa shape index (κ1) is 23.7. The number of amides is 1. The molecule has 2 aliphatic heterocycles. The number of carbonyl (C=O) groups is 1. The molecule has 3 aliphatic rings. The SMILES string of the molecule is CC1(C)C(C=C(Cl)Cl)C1C(=O)NC(N1CC2CC(C1)c1cccc(=O)n1C2)C(Cl)(Cl)Cl. The normalized spacial score (nSPS) is 30.2. The van der Waals surface area contributed by atoms with Gasteiger partial charge < -0.3 is 9.88 Å². The first-order chi connectivity index (χ1) is 14.4. The summed E-state index contributed by atoms with van der Waals surface area (Å²) in [6.45, 7) is 5.81. The van der Waals surface area contributed by atoms with Crippen LogP contribution < -0.4 is 10.9 Å². The molecule has 0 radical (unpaired) electrons. The van der Waals surface area contributed by atoms with Crippen molar-refractivity contribution >= 4 is 63.9 Å². The Bertz CT molecular complexity index is 966. The van der Waals surface area contributed by atoms with Crippen LogP contribution in [-0.4, -0.2) is 38.4 Å². The molecular weight excluding hydrogens is 504 g/mol. The summed E-state index contributed by atoms with van der Waals surface area (Å²) < 4.78 is 0.272. The number of piperidine rings is 1. The van der Waals surface area contributed by atoms with Crippen LogP contribution in [0.1, 0.15) is 31.9 Å². The van der Waals surface area contributed by atoms with Gasteiger partial charge in [0.15, 0.2) is 0 Å². The van der Waals surface area contributed by atoms with Gasteiger partial charge >= 0.3 is 0 Å². The van der Waals surface area contributed by atoms with E-state index in [1.54, 1.807) is 18.2 Å².